The van der Waals surface area contributed by atoms with Crippen LogP contribution in [0, 0.1) is 5.92 Å². The predicted octanol–water partition coefficient (Wildman–Crippen LogP) is 4.21. The molecule has 0 amide bonds. The maximum atomic E-state index is 12.4. The molecule has 132 valence electrons. The first-order chi connectivity index (χ1) is 11.5. The van der Waals surface area contributed by atoms with Crippen LogP contribution < -0.4 is 0 Å². The zero-order valence-corrected chi connectivity index (χ0v) is 15.6. The zero-order valence-electron chi connectivity index (χ0n) is 14.8. The summed E-state index contributed by atoms with van der Waals surface area (Å²) in [5.74, 6) is 0.546. The van der Waals surface area contributed by atoms with Gasteiger partial charge in [-0.2, -0.15) is 0 Å². The van der Waals surface area contributed by atoms with Crippen LogP contribution >= 0.6 is 11.6 Å². The van der Waals surface area contributed by atoms with Crippen LogP contribution in [0.2, 0.25) is 5.02 Å². The number of halogens is 1. The lowest BCUT2D eigenvalue weighted by molar-refractivity contribution is -0.145. The third kappa shape index (κ3) is 4.12. The minimum absolute atomic E-state index is 0.102. The third-order valence-electron chi connectivity index (χ3n) is 5.44. The molecule has 2 aliphatic carbocycles. The van der Waals surface area contributed by atoms with Crippen molar-refractivity contribution >= 4 is 17.6 Å². The van der Waals surface area contributed by atoms with Crippen LogP contribution in [0.15, 0.2) is 12.1 Å². The van der Waals surface area contributed by atoms with Gasteiger partial charge in [0.15, 0.2) is 0 Å². The van der Waals surface area contributed by atoms with E-state index in [1.54, 1.807) is 0 Å². The van der Waals surface area contributed by atoms with Gasteiger partial charge in [-0.15, -0.1) is 0 Å². The van der Waals surface area contributed by atoms with Gasteiger partial charge in [0, 0.05) is 11.6 Å². The van der Waals surface area contributed by atoms with Gasteiger partial charge in [-0.3, -0.25) is 4.79 Å². The molecule has 0 saturated heterocycles. The van der Waals surface area contributed by atoms with Crippen LogP contribution in [0.5, 0.6) is 0 Å². The van der Waals surface area contributed by atoms with E-state index in [-0.39, 0.29) is 11.9 Å². The van der Waals surface area contributed by atoms with Gasteiger partial charge in [0.05, 0.1) is 5.92 Å². The van der Waals surface area contributed by atoms with Crippen molar-refractivity contribution in [1.29, 1.82) is 0 Å². The summed E-state index contributed by atoms with van der Waals surface area (Å²) in [6, 6.07) is 4.29. The van der Waals surface area contributed by atoms with E-state index >= 15 is 0 Å². The molecule has 3 nitrogen and oxygen atoms in total. The zero-order chi connectivity index (χ0) is 17.1. The normalized spacial score (nSPS) is 20.6. The van der Waals surface area contributed by atoms with Crippen molar-refractivity contribution < 1.29 is 9.53 Å². The van der Waals surface area contributed by atoms with Gasteiger partial charge in [0.25, 0.3) is 0 Å². The number of carbonyl (C=O) groups is 1. The van der Waals surface area contributed by atoms with Crippen LogP contribution in [0.1, 0.15) is 54.7 Å². The number of aryl methyl sites for hydroxylation is 1. The number of hydrogen-bond donors (Lipinski definition) is 0. The Morgan fingerprint density at radius 2 is 2.00 bits per heavy atom. The summed E-state index contributed by atoms with van der Waals surface area (Å²) in [6.45, 7) is 1.21. The van der Waals surface area contributed by atoms with E-state index in [0.717, 1.165) is 42.3 Å². The highest BCUT2D eigenvalue weighted by molar-refractivity contribution is 6.31. The van der Waals surface area contributed by atoms with E-state index in [1.807, 2.05) is 25.1 Å². The number of hydrogen-bond acceptors (Lipinski definition) is 3. The van der Waals surface area contributed by atoms with Crippen LogP contribution in [0.4, 0.5) is 0 Å². The minimum Gasteiger partial charge on any atom is -0.464 e. The van der Waals surface area contributed by atoms with Crippen LogP contribution in [0.3, 0.4) is 0 Å². The number of rotatable bonds is 6. The number of nitrogens with zero attached hydrogens (tertiary/aromatic N) is 1. The first-order valence-corrected chi connectivity index (χ1v) is 9.55. The van der Waals surface area contributed by atoms with E-state index in [4.69, 9.17) is 16.3 Å². The second-order valence-corrected chi connectivity index (χ2v) is 7.97. The summed E-state index contributed by atoms with van der Waals surface area (Å²) in [5, 5.41) is 0.827. The maximum absolute atomic E-state index is 12.4. The Hall–Kier alpha value is -1.06. The highest BCUT2D eigenvalue weighted by Crippen LogP contribution is 2.39. The molecule has 24 heavy (non-hydrogen) atoms. The van der Waals surface area contributed by atoms with Crippen LogP contribution in [-0.4, -0.2) is 38.1 Å². The van der Waals surface area contributed by atoms with Crippen LogP contribution in [-0.2, 0) is 22.4 Å². The Morgan fingerprint density at radius 3 is 2.71 bits per heavy atom. The van der Waals surface area contributed by atoms with Gasteiger partial charge in [-0.1, -0.05) is 43.4 Å². The van der Waals surface area contributed by atoms with Gasteiger partial charge < -0.3 is 9.64 Å². The number of fused-ring (bicyclic) bond motifs is 1. The van der Waals surface area contributed by atoms with Crippen molar-refractivity contribution in [3.63, 3.8) is 0 Å². The second kappa shape index (κ2) is 7.88. The average Bonchev–Trinajstić information content (AvgIpc) is 3.17. The van der Waals surface area contributed by atoms with Gasteiger partial charge in [0.1, 0.15) is 6.61 Å². The molecule has 1 atom stereocenters. The van der Waals surface area contributed by atoms with Crippen molar-refractivity contribution in [3.05, 3.63) is 33.8 Å². The SMILES string of the molecule is CN(C)CCOC(=O)C1CCc2cc(CC3CCCC3)c(Cl)cc21. The number of ether oxygens (including phenoxy) is 1. The van der Waals surface area contributed by atoms with E-state index < -0.39 is 0 Å². The van der Waals surface area contributed by atoms with Gasteiger partial charge in [-0.25, -0.2) is 0 Å². The molecule has 1 unspecified atom stereocenters. The van der Waals surface area contributed by atoms with Crippen LogP contribution in [0.25, 0.3) is 0 Å². The molecular weight excluding hydrogens is 322 g/mol. The molecule has 0 heterocycles. The fourth-order valence-corrected chi connectivity index (χ4v) is 4.29. The molecule has 1 aromatic rings. The van der Waals surface area contributed by atoms with Crippen molar-refractivity contribution in [3.8, 4) is 0 Å². The van der Waals surface area contributed by atoms with E-state index in [2.05, 4.69) is 6.07 Å². The first-order valence-electron chi connectivity index (χ1n) is 9.17. The molecule has 0 aromatic heterocycles. The molecule has 1 fully saturated rings. The van der Waals surface area contributed by atoms with E-state index in [9.17, 15) is 4.79 Å². The molecular formula is C20H28ClNO2. The Bertz CT molecular complexity index is 594. The van der Waals surface area contributed by atoms with Gasteiger partial charge in [-0.05, 0) is 62.0 Å². The fraction of sp³-hybridized carbons (Fsp3) is 0.650. The van der Waals surface area contributed by atoms with Crippen molar-refractivity contribution in [1.82, 2.24) is 4.90 Å². The maximum Gasteiger partial charge on any atom is 0.313 e. The summed E-state index contributed by atoms with van der Waals surface area (Å²) in [4.78, 5) is 14.4. The standard InChI is InChI=1S/C20H28ClNO2/c1-22(2)9-10-24-20(23)17-8-7-15-12-16(19(21)13-18(15)17)11-14-5-3-4-6-14/h12-14,17H,3-11H2,1-2H3. The van der Waals surface area contributed by atoms with Gasteiger partial charge in [0.2, 0.25) is 0 Å². The van der Waals surface area contributed by atoms with E-state index in [0.29, 0.717) is 6.61 Å². The highest BCUT2D eigenvalue weighted by atomic mass is 35.5. The average molecular weight is 350 g/mol. The number of likely N-dealkylation sites (N-methyl/N-ethyl adjacent to an activating group) is 1. The Kier molecular flexibility index (Phi) is 5.83. The molecule has 0 N–H and O–H groups in total. The largest absolute Gasteiger partial charge is 0.464 e. The van der Waals surface area contributed by atoms with Crippen molar-refractivity contribution in [2.45, 2.75) is 50.9 Å². The predicted molar refractivity (Wildman–Crippen MR) is 97.7 cm³/mol. The lowest BCUT2D eigenvalue weighted by atomic mass is 9.94. The molecule has 4 heteroatoms. The Morgan fingerprint density at radius 1 is 1.25 bits per heavy atom. The summed E-state index contributed by atoms with van der Waals surface area (Å²) in [7, 11) is 3.95. The lowest BCUT2D eigenvalue weighted by Gasteiger charge is -2.16. The Labute approximate surface area is 150 Å². The summed E-state index contributed by atoms with van der Waals surface area (Å²) in [5.41, 5.74) is 3.65. The minimum atomic E-state index is -0.139. The van der Waals surface area contributed by atoms with Crippen molar-refractivity contribution in [2.75, 3.05) is 27.2 Å². The lowest BCUT2D eigenvalue weighted by Crippen LogP contribution is -2.22. The quantitative estimate of drug-likeness (QED) is 0.720. The van der Waals surface area contributed by atoms with Crippen molar-refractivity contribution in [2.24, 2.45) is 5.92 Å². The molecule has 0 aliphatic heterocycles. The number of benzene rings is 1. The summed E-state index contributed by atoms with van der Waals surface area (Å²) >= 11 is 6.54. The molecule has 3 rings (SSSR count). The molecule has 1 aromatic carbocycles. The third-order valence-corrected chi connectivity index (χ3v) is 5.79. The topological polar surface area (TPSA) is 29.5 Å². The molecule has 0 spiro atoms. The Balaban J connectivity index is 1.67. The van der Waals surface area contributed by atoms with E-state index in [1.165, 1.54) is 36.8 Å². The molecule has 0 radical (unpaired) electrons. The smallest absolute Gasteiger partial charge is 0.313 e. The summed E-state index contributed by atoms with van der Waals surface area (Å²) < 4.78 is 5.45. The monoisotopic (exact) mass is 349 g/mol. The fourth-order valence-electron chi connectivity index (χ4n) is 4.04. The second-order valence-electron chi connectivity index (χ2n) is 7.56. The highest BCUT2D eigenvalue weighted by Gasteiger charge is 2.31. The molecule has 2 aliphatic rings. The molecule has 1 saturated carbocycles. The first kappa shape index (κ1) is 17.8. The number of carbonyl (C=O) groups excluding carboxylic acids is 1. The molecule has 0 bridgehead atoms. The number of esters is 1. The summed E-state index contributed by atoms with van der Waals surface area (Å²) in [6.07, 6.45) is 8.26. The van der Waals surface area contributed by atoms with Gasteiger partial charge >= 0.3 is 5.97 Å².